The van der Waals surface area contributed by atoms with Gasteiger partial charge in [-0.05, 0) is 47.2 Å². The van der Waals surface area contributed by atoms with Crippen LogP contribution in [0.2, 0.25) is 0 Å². The second kappa shape index (κ2) is 4.47. The fourth-order valence-electron chi connectivity index (χ4n) is 1.78. The van der Waals surface area contributed by atoms with Crippen LogP contribution in [-0.2, 0) is 0 Å². The number of pyridine rings is 1. The van der Waals surface area contributed by atoms with E-state index in [0.717, 1.165) is 5.69 Å². The van der Waals surface area contributed by atoms with Crippen LogP contribution in [0.3, 0.4) is 0 Å². The lowest BCUT2D eigenvalue weighted by Crippen LogP contribution is -1.95. The van der Waals surface area contributed by atoms with Gasteiger partial charge in [-0.25, -0.2) is 4.98 Å². The number of nitriles is 1. The molecule has 18 heavy (non-hydrogen) atoms. The molecule has 0 unspecified atom stereocenters. The standard InChI is InChI=1S/C14H9N3S/c15-9-11-2-1-6-16-14(11)17-12-3-4-13-10(8-12)5-7-18-13/h1-8H,(H,16,17). The highest BCUT2D eigenvalue weighted by Gasteiger charge is 2.03. The summed E-state index contributed by atoms with van der Waals surface area (Å²) in [6.07, 6.45) is 1.67. The molecule has 2 aromatic heterocycles. The molecule has 0 bridgehead atoms. The zero-order valence-electron chi connectivity index (χ0n) is 9.42. The highest BCUT2D eigenvalue weighted by atomic mass is 32.1. The van der Waals surface area contributed by atoms with Crippen molar-refractivity contribution in [1.82, 2.24) is 4.98 Å². The summed E-state index contributed by atoms with van der Waals surface area (Å²) in [5, 5.41) is 15.4. The molecule has 0 fully saturated rings. The van der Waals surface area contributed by atoms with Gasteiger partial charge in [0, 0.05) is 16.6 Å². The maximum atomic E-state index is 9.01. The van der Waals surface area contributed by atoms with E-state index in [-0.39, 0.29) is 0 Å². The van der Waals surface area contributed by atoms with Gasteiger partial charge in [-0.15, -0.1) is 11.3 Å². The molecule has 2 heterocycles. The molecule has 0 aliphatic rings. The van der Waals surface area contributed by atoms with Crippen molar-refractivity contribution in [2.45, 2.75) is 0 Å². The SMILES string of the molecule is N#Cc1cccnc1Nc1ccc2sccc2c1. The van der Waals surface area contributed by atoms with Crippen LogP contribution in [0.4, 0.5) is 11.5 Å². The monoisotopic (exact) mass is 251 g/mol. The van der Waals surface area contributed by atoms with E-state index in [2.05, 4.69) is 39.9 Å². The zero-order valence-corrected chi connectivity index (χ0v) is 10.2. The highest BCUT2D eigenvalue weighted by molar-refractivity contribution is 7.17. The Hall–Kier alpha value is -2.38. The number of nitrogens with one attached hydrogen (secondary N) is 1. The first-order chi connectivity index (χ1) is 8.86. The quantitative estimate of drug-likeness (QED) is 0.751. The van der Waals surface area contributed by atoms with Gasteiger partial charge in [-0.3, -0.25) is 0 Å². The minimum absolute atomic E-state index is 0.544. The summed E-state index contributed by atoms with van der Waals surface area (Å²) in [6, 6.07) is 13.8. The van der Waals surface area contributed by atoms with Crippen molar-refractivity contribution in [3.8, 4) is 6.07 Å². The van der Waals surface area contributed by atoms with Gasteiger partial charge in [0.25, 0.3) is 0 Å². The Morgan fingerprint density at radius 2 is 2.17 bits per heavy atom. The molecule has 3 aromatic rings. The zero-order chi connectivity index (χ0) is 12.4. The summed E-state index contributed by atoms with van der Waals surface area (Å²) in [5.41, 5.74) is 1.49. The number of rotatable bonds is 2. The van der Waals surface area contributed by atoms with E-state index in [0.29, 0.717) is 11.4 Å². The summed E-state index contributed by atoms with van der Waals surface area (Å²) in [6.45, 7) is 0. The van der Waals surface area contributed by atoms with Gasteiger partial charge >= 0.3 is 0 Å². The second-order valence-electron chi connectivity index (χ2n) is 3.81. The Labute approximate surface area is 108 Å². The van der Waals surface area contributed by atoms with E-state index >= 15 is 0 Å². The summed E-state index contributed by atoms with van der Waals surface area (Å²) in [4.78, 5) is 4.18. The number of fused-ring (bicyclic) bond motifs is 1. The third-order valence-electron chi connectivity index (χ3n) is 2.64. The van der Waals surface area contributed by atoms with E-state index in [4.69, 9.17) is 5.26 Å². The Morgan fingerprint density at radius 3 is 3.06 bits per heavy atom. The van der Waals surface area contributed by atoms with E-state index in [1.165, 1.54) is 10.1 Å². The van der Waals surface area contributed by atoms with Gasteiger partial charge in [0.15, 0.2) is 0 Å². The van der Waals surface area contributed by atoms with Crippen molar-refractivity contribution in [3.63, 3.8) is 0 Å². The molecule has 0 spiro atoms. The summed E-state index contributed by atoms with van der Waals surface area (Å²) < 4.78 is 1.25. The van der Waals surface area contributed by atoms with E-state index in [9.17, 15) is 0 Å². The van der Waals surface area contributed by atoms with Crippen molar-refractivity contribution in [2.75, 3.05) is 5.32 Å². The number of anilines is 2. The fraction of sp³-hybridized carbons (Fsp3) is 0. The minimum Gasteiger partial charge on any atom is -0.339 e. The Bertz CT molecular complexity index is 740. The molecular formula is C14H9N3S. The normalized spacial score (nSPS) is 10.2. The first-order valence-corrected chi connectivity index (χ1v) is 6.34. The van der Waals surface area contributed by atoms with Gasteiger partial charge < -0.3 is 5.32 Å². The Balaban J connectivity index is 1.98. The van der Waals surface area contributed by atoms with Crippen LogP contribution >= 0.6 is 11.3 Å². The van der Waals surface area contributed by atoms with E-state index in [1.54, 1.807) is 29.7 Å². The van der Waals surface area contributed by atoms with Crippen LogP contribution < -0.4 is 5.32 Å². The third kappa shape index (κ3) is 1.92. The van der Waals surface area contributed by atoms with E-state index < -0.39 is 0 Å². The predicted octanol–water partition coefficient (Wildman–Crippen LogP) is 3.91. The number of thiophene rings is 1. The third-order valence-corrected chi connectivity index (χ3v) is 3.54. The van der Waals surface area contributed by atoms with Crippen LogP contribution in [-0.4, -0.2) is 4.98 Å². The topological polar surface area (TPSA) is 48.7 Å². The number of nitrogens with zero attached hydrogens (tertiary/aromatic N) is 2. The number of benzene rings is 1. The lowest BCUT2D eigenvalue weighted by molar-refractivity contribution is 1.29. The summed E-state index contributed by atoms with van der Waals surface area (Å²) in [5.74, 6) is 0.592. The van der Waals surface area contributed by atoms with Crippen LogP contribution in [0.1, 0.15) is 5.56 Å². The molecular weight excluding hydrogens is 242 g/mol. The van der Waals surface area contributed by atoms with Crippen molar-refractivity contribution in [1.29, 1.82) is 5.26 Å². The number of aromatic nitrogens is 1. The number of hydrogen-bond donors (Lipinski definition) is 1. The lowest BCUT2D eigenvalue weighted by atomic mass is 10.2. The molecule has 0 saturated carbocycles. The smallest absolute Gasteiger partial charge is 0.148 e. The maximum absolute atomic E-state index is 9.01. The molecule has 3 nitrogen and oxygen atoms in total. The van der Waals surface area contributed by atoms with Gasteiger partial charge in [0.1, 0.15) is 11.9 Å². The molecule has 4 heteroatoms. The van der Waals surface area contributed by atoms with E-state index in [1.807, 2.05) is 6.07 Å². The van der Waals surface area contributed by atoms with Gasteiger partial charge in [-0.2, -0.15) is 5.26 Å². The molecule has 0 aliphatic carbocycles. The average molecular weight is 251 g/mol. The summed E-state index contributed by atoms with van der Waals surface area (Å²) >= 11 is 1.71. The minimum atomic E-state index is 0.544. The molecule has 0 aliphatic heterocycles. The molecule has 86 valence electrons. The fourth-order valence-corrected chi connectivity index (χ4v) is 2.55. The van der Waals surface area contributed by atoms with Crippen molar-refractivity contribution < 1.29 is 0 Å². The largest absolute Gasteiger partial charge is 0.339 e. The van der Waals surface area contributed by atoms with Crippen LogP contribution in [0.15, 0.2) is 48.0 Å². The number of hydrogen-bond acceptors (Lipinski definition) is 4. The molecule has 1 aromatic carbocycles. The van der Waals surface area contributed by atoms with Gasteiger partial charge in [-0.1, -0.05) is 0 Å². The molecule has 0 radical (unpaired) electrons. The van der Waals surface area contributed by atoms with Crippen molar-refractivity contribution in [3.05, 3.63) is 53.5 Å². The summed E-state index contributed by atoms with van der Waals surface area (Å²) in [7, 11) is 0. The van der Waals surface area contributed by atoms with Crippen molar-refractivity contribution >= 4 is 32.9 Å². The molecule has 0 atom stereocenters. The predicted molar refractivity (Wildman–Crippen MR) is 74.1 cm³/mol. The Kier molecular flexibility index (Phi) is 2.67. The molecule has 1 N–H and O–H groups in total. The van der Waals surface area contributed by atoms with Gasteiger partial charge in [0.05, 0.1) is 5.56 Å². The molecule has 0 amide bonds. The first kappa shape index (κ1) is 10.8. The Morgan fingerprint density at radius 1 is 1.22 bits per heavy atom. The molecule has 0 saturated heterocycles. The second-order valence-corrected chi connectivity index (χ2v) is 4.76. The molecule has 3 rings (SSSR count). The first-order valence-electron chi connectivity index (χ1n) is 5.46. The maximum Gasteiger partial charge on any atom is 0.148 e. The lowest BCUT2D eigenvalue weighted by Gasteiger charge is -2.06. The van der Waals surface area contributed by atoms with Crippen LogP contribution in [0.25, 0.3) is 10.1 Å². The average Bonchev–Trinajstić information content (AvgIpc) is 2.87. The van der Waals surface area contributed by atoms with Gasteiger partial charge in [0.2, 0.25) is 0 Å². The van der Waals surface area contributed by atoms with Crippen LogP contribution in [0.5, 0.6) is 0 Å². The highest BCUT2D eigenvalue weighted by Crippen LogP contribution is 2.26. The van der Waals surface area contributed by atoms with Crippen LogP contribution in [0, 0.1) is 11.3 Å². The van der Waals surface area contributed by atoms with Crippen molar-refractivity contribution in [2.24, 2.45) is 0 Å².